The maximum absolute atomic E-state index is 13.6. The minimum absolute atomic E-state index is 0.00664. The molecule has 2 aliphatic carbocycles. The van der Waals surface area contributed by atoms with Gasteiger partial charge in [0.25, 0.3) is 5.91 Å². The molecule has 1 amide bonds. The Hall–Kier alpha value is -2.11. The number of halogens is 3. The van der Waals surface area contributed by atoms with E-state index in [9.17, 15) is 37.3 Å². The van der Waals surface area contributed by atoms with Crippen LogP contribution in [0.1, 0.15) is 36.5 Å². The lowest BCUT2D eigenvalue weighted by Gasteiger charge is -2.45. The van der Waals surface area contributed by atoms with Gasteiger partial charge >= 0.3 is 0 Å². The Morgan fingerprint density at radius 3 is 2.51 bits per heavy atom. The molecule has 2 aliphatic rings. The zero-order chi connectivity index (χ0) is 25.7. The van der Waals surface area contributed by atoms with Crippen LogP contribution in [0.5, 0.6) is 0 Å². The van der Waals surface area contributed by atoms with Crippen molar-refractivity contribution in [2.24, 2.45) is 17.8 Å². The smallest absolute Gasteiger partial charge is 0.255 e. The molecular formula is C24H26ClF2NO6S. The van der Waals surface area contributed by atoms with Crippen molar-refractivity contribution in [3.05, 3.63) is 58.6 Å². The van der Waals surface area contributed by atoms with Gasteiger partial charge in [0.05, 0.1) is 27.4 Å². The van der Waals surface area contributed by atoms with Gasteiger partial charge in [-0.05, 0) is 67.3 Å². The van der Waals surface area contributed by atoms with Crippen molar-refractivity contribution in [2.75, 3.05) is 11.9 Å². The Morgan fingerprint density at radius 2 is 1.89 bits per heavy atom. The molecule has 2 aromatic carbocycles. The normalized spacial score (nSPS) is 29.1. The second-order valence-corrected chi connectivity index (χ2v) is 12.1. The molecule has 4 N–H and O–H groups in total. The van der Waals surface area contributed by atoms with E-state index in [1.807, 2.05) is 6.92 Å². The number of carbonyl (C=O) groups is 1. The van der Waals surface area contributed by atoms with E-state index in [2.05, 4.69) is 5.32 Å². The Balaban J connectivity index is 1.61. The lowest BCUT2D eigenvalue weighted by atomic mass is 9.70. The first-order valence-corrected chi connectivity index (χ1v) is 13.1. The minimum atomic E-state index is -4.04. The van der Waals surface area contributed by atoms with Crippen LogP contribution >= 0.6 is 11.6 Å². The highest BCUT2D eigenvalue weighted by Crippen LogP contribution is 2.56. The molecule has 190 valence electrons. The van der Waals surface area contributed by atoms with Crippen molar-refractivity contribution < 1.29 is 37.3 Å². The number of amides is 1. The first kappa shape index (κ1) is 26.0. The standard InChI is InChI=1S/C24H26ClF2NO6S/c1-12-6-14-8-16(10-17(12)24(14,32)22(30)11-29)35(33,34)21-7-13(2-4-18(21)25)23(31)28-15-3-5-19(26)20(27)9-15/h2-5,7,9,12,14,16-17,22,29-30,32H,6,8,10-11H2,1H3,(H,28,31)/t12-,14?,16+,17?,22-,24+/m0/s1. The van der Waals surface area contributed by atoms with Crippen molar-refractivity contribution in [1.29, 1.82) is 0 Å². The Morgan fingerprint density at radius 1 is 1.17 bits per heavy atom. The highest BCUT2D eigenvalue weighted by molar-refractivity contribution is 7.92. The van der Waals surface area contributed by atoms with Gasteiger partial charge in [-0.3, -0.25) is 4.79 Å². The third kappa shape index (κ3) is 4.46. The number of rotatable bonds is 6. The van der Waals surface area contributed by atoms with Crippen LogP contribution in [0.25, 0.3) is 0 Å². The molecule has 2 aromatic rings. The molecule has 2 unspecified atom stereocenters. The van der Waals surface area contributed by atoms with Crippen LogP contribution in [0, 0.1) is 29.4 Å². The summed E-state index contributed by atoms with van der Waals surface area (Å²) in [6.07, 6.45) is -0.736. The predicted octanol–water partition coefficient (Wildman–Crippen LogP) is 3.16. The summed E-state index contributed by atoms with van der Waals surface area (Å²) in [6.45, 7) is 1.25. The van der Waals surface area contributed by atoms with Gasteiger partial charge in [0.2, 0.25) is 0 Å². The average molecular weight is 530 g/mol. The fourth-order valence-electron chi connectivity index (χ4n) is 5.70. The topological polar surface area (TPSA) is 124 Å². The van der Waals surface area contributed by atoms with E-state index in [4.69, 9.17) is 11.6 Å². The number of fused-ring (bicyclic) bond motifs is 2. The zero-order valence-corrected chi connectivity index (χ0v) is 20.4. The summed E-state index contributed by atoms with van der Waals surface area (Å²) >= 11 is 6.22. The van der Waals surface area contributed by atoms with Crippen molar-refractivity contribution in [2.45, 2.75) is 48.0 Å². The second-order valence-electron chi connectivity index (χ2n) is 9.47. The first-order chi connectivity index (χ1) is 16.4. The summed E-state index contributed by atoms with van der Waals surface area (Å²) in [5, 5.41) is 32.3. The van der Waals surface area contributed by atoms with Gasteiger partial charge in [0, 0.05) is 17.3 Å². The molecular weight excluding hydrogens is 504 g/mol. The van der Waals surface area contributed by atoms with Crippen molar-refractivity contribution in [1.82, 2.24) is 0 Å². The van der Waals surface area contributed by atoms with Gasteiger partial charge in [0.1, 0.15) is 6.10 Å². The van der Waals surface area contributed by atoms with E-state index in [-0.39, 0.29) is 39.9 Å². The number of aliphatic hydroxyl groups excluding tert-OH is 2. The number of benzene rings is 2. The van der Waals surface area contributed by atoms with Crippen LogP contribution in [0.3, 0.4) is 0 Å². The molecule has 4 rings (SSSR count). The summed E-state index contributed by atoms with van der Waals surface area (Å²) < 4.78 is 53.8. The number of sulfone groups is 1. The van der Waals surface area contributed by atoms with E-state index in [0.29, 0.717) is 6.42 Å². The number of carbonyl (C=O) groups excluding carboxylic acids is 1. The summed E-state index contributed by atoms with van der Waals surface area (Å²) in [4.78, 5) is 12.4. The van der Waals surface area contributed by atoms with Crippen LogP contribution in [0.2, 0.25) is 5.02 Å². The highest BCUT2D eigenvalue weighted by Gasteiger charge is 2.61. The molecule has 0 radical (unpaired) electrons. The summed E-state index contributed by atoms with van der Waals surface area (Å²) in [6, 6.07) is 6.57. The third-order valence-electron chi connectivity index (χ3n) is 7.48. The molecule has 6 atom stereocenters. The van der Waals surface area contributed by atoms with Crippen LogP contribution < -0.4 is 5.32 Å². The molecule has 11 heteroatoms. The molecule has 0 spiro atoms. The Bertz CT molecular complexity index is 1260. The van der Waals surface area contributed by atoms with Crippen molar-refractivity contribution in [3.63, 3.8) is 0 Å². The zero-order valence-electron chi connectivity index (χ0n) is 18.8. The number of hydrogen-bond acceptors (Lipinski definition) is 6. The Labute approximate surface area is 206 Å². The molecule has 7 nitrogen and oxygen atoms in total. The molecule has 0 aliphatic heterocycles. The maximum Gasteiger partial charge on any atom is 0.255 e. The molecule has 0 saturated heterocycles. The molecule has 35 heavy (non-hydrogen) atoms. The maximum atomic E-state index is 13.6. The van der Waals surface area contributed by atoms with E-state index in [0.717, 1.165) is 18.2 Å². The van der Waals surface area contributed by atoms with E-state index in [1.54, 1.807) is 0 Å². The van der Waals surface area contributed by atoms with Crippen LogP contribution in [-0.4, -0.2) is 53.2 Å². The third-order valence-corrected chi connectivity index (χ3v) is 10.1. The Kier molecular flexibility index (Phi) is 6.98. The lowest BCUT2D eigenvalue weighted by molar-refractivity contribution is -0.157. The van der Waals surface area contributed by atoms with E-state index < -0.39 is 62.8 Å². The van der Waals surface area contributed by atoms with E-state index in [1.165, 1.54) is 18.2 Å². The van der Waals surface area contributed by atoms with Gasteiger partial charge in [-0.2, -0.15) is 0 Å². The minimum Gasteiger partial charge on any atom is -0.394 e. The van der Waals surface area contributed by atoms with Crippen molar-refractivity contribution in [3.8, 4) is 0 Å². The number of anilines is 1. The molecule has 0 heterocycles. The van der Waals surface area contributed by atoms with Crippen LogP contribution in [0.15, 0.2) is 41.3 Å². The largest absolute Gasteiger partial charge is 0.394 e. The molecule has 2 bridgehead atoms. The SMILES string of the molecule is C[C@H]1CC2C[C@@H](S(=O)(=O)c3cc(C(=O)Nc4ccc(F)c(F)c4)ccc3Cl)CC1[C@@]2(O)[C@@H](O)CO. The van der Waals surface area contributed by atoms with Gasteiger partial charge in [-0.25, -0.2) is 17.2 Å². The summed E-state index contributed by atoms with van der Waals surface area (Å²) in [7, 11) is -4.04. The molecule has 2 fully saturated rings. The fraction of sp³-hybridized carbons (Fsp3) is 0.458. The van der Waals surface area contributed by atoms with Gasteiger partial charge in [-0.1, -0.05) is 18.5 Å². The van der Waals surface area contributed by atoms with E-state index >= 15 is 0 Å². The van der Waals surface area contributed by atoms with Gasteiger partial charge in [0.15, 0.2) is 21.5 Å². The molecule has 0 aromatic heterocycles. The van der Waals surface area contributed by atoms with Crippen molar-refractivity contribution >= 4 is 33.0 Å². The lowest BCUT2D eigenvalue weighted by Crippen LogP contribution is -2.57. The highest BCUT2D eigenvalue weighted by atomic mass is 35.5. The predicted molar refractivity (Wildman–Crippen MR) is 125 cm³/mol. The quantitative estimate of drug-likeness (QED) is 0.456. The second kappa shape index (κ2) is 9.40. The number of aliphatic hydroxyl groups is 3. The van der Waals surface area contributed by atoms with Crippen LogP contribution in [-0.2, 0) is 9.84 Å². The summed E-state index contributed by atoms with van der Waals surface area (Å²) in [5.74, 6) is -4.08. The van der Waals surface area contributed by atoms with Gasteiger partial charge < -0.3 is 20.6 Å². The van der Waals surface area contributed by atoms with Gasteiger partial charge in [-0.15, -0.1) is 0 Å². The number of nitrogens with one attached hydrogen (secondary N) is 1. The number of hydrogen-bond donors (Lipinski definition) is 4. The van der Waals surface area contributed by atoms with Crippen LogP contribution in [0.4, 0.5) is 14.5 Å². The fourth-order valence-corrected chi connectivity index (χ4v) is 8.08. The first-order valence-electron chi connectivity index (χ1n) is 11.2. The molecule has 2 saturated carbocycles. The summed E-state index contributed by atoms with van der Waals surface area (Å²) in [5.41, 5.74) is -1.62. The average Bonchev–Trinajstić information content (AvgIpc) is 2.94. The monoisotopic (exact) mass is 529 g/mol.